The largest absolute Gasteiger partial charge is 0.300 e. The van der Waals surface area contributed by atoms with Crippen LogP contribution >= 0.6 is 0 Å². The van der Waals surface area contributed by atoms with E-state index in [2.05, 4.69) is 33.9 Å². The van der Waals surface area contributed by atoms with Crippen molar-refractivity contribution in [1.82, 2.24) is 9.62 Å². The van der Waals surface area contributed by atoms with Gasteiger partial charge in [0, 0.05) is 12.1 Å². The minimum absolute atomic E-state index is 0.228. The lowest BCUT2D eigenvalue weighted by molar-refractivity contribution is 0.0769. The van der Waals surface area contributed by atoms with Gasteiger partial charge in [-0.25, -0.2) is 13.1 Å². The second-order valence-corrected chi connectivity index (χ2v) is 11.1. The molecule has 2 aliphatic rings. The molecule has 0 amide bonds. The van der Waals surface area contributed by atoms with Crippen molar-refractivity contribution >= 4 is 16.1 Å². The molecular formula is C27H36N2O2S. The number of nitrogens with one attached hydrogen (secondary N) is 1. The fourth-order valence-corrected chi connectivity index (χ4v) is 6.52. The van der Waals surface area contributed by atoms with Gasteiger partial charge in [0.15, 0.2) is 0 Å². The molecule has 1 heterocycles. The third-order valence-corrected chi connectivity index (χ3v) is 8.50. The predicted molar refractivity (Wildman–Crippen MR) is 132 cm³/mol. The molecule has 5 heteroatoms. The molecule has 2 aromatic rings. The lowest BCUT2D eigenvalue weighted by Gasteiger charge is -2.44. The molecule has 1 saturated carbocycles. The lowest BCUT2D eigenvalue weighted by atomic mass is 9.78. The average molecular weight is 453 g/mol. The summed E-state index contributed by atoms with van der Waals surface area (Å²) in [4.78, 5) is 2.98. The Hall–Kier alpha value is -1.95. The number of rotatable bonds is 7. The van der Waals surface area contributed by atoms with Crippen molar-refractivity contribution in [2.45, 2.75) is 68.8 Å². The molecule has 1 N–H and O–H groups in total. The zero-order chi connectivity index (χ0) is 22.4. The summed E-state index contributed by atoms with van der Waals surface area (Å²) in [6.45, 7) is 4.25. The predicted octanol–water partition coefficient (Wildman–Crippen LogP) is 5.40. The maximum atomic E-state index is 13.3. The summed E-state index contributed by atoms with van der Waals surface area (Å²) in [5, 5.41) is 0. The number of sulfonamides is 1. The van der Waals surface area contributed by atoms with Crippen molar-refractivity contribution in [3.63, 3.8) is 0 Å². The smallest absolute Gasteiger partial charge is 0.241 e. The molecule has 3 atom stereocenters. The lowest BCUT2D eigenvalue weighted by Crippen LogP contribution is -2.52. The number of benzene rings is 2. The van der Waals surface area contributed by atoms with Gasteiger partial charge in [-0.3, -0.25) is 0 Å². The molecule has 1 saturated heterocycles. The Labute approximate surface area is 193 Å². The Bertz CT molecular complexity index is 980. The van der Waals surface area contributed by atoms with Crippen molar-refractivity contribution in [2.24, 2.45) is 5.92 Å². The monoisotopic (exact) mass is 452 g/mol. The van der Waals surface area contributed by atoms with Gasteiger partial charge in [-0.1, -0.05) is 79.4 Å². The van der Waals surface area contributed by atoms with Crippen molar-refractivity contribution in [3.05, 3.63) is 71.8 Å². The first-order valence-corrected chi connectivity index (χ1v) is 13.6. The molecule has 2 aromatic carbocycles. The molecule has 172 valence electrons. The van der Waals surface area contributed by atoms with Gasteiger partial charge in [-0.15, -0.1) is 0 Å². The van der Waals surface area contributed by atoms with Crippen LogP contribution in [0.5, 0.6) is 0 Å². The summed E-state index contributed by atoms with van der Waals surface area (Å²) in [7, 11) is -3.60. The molecule has 0 spiro atoms. The standard InChI is InChI=1S/C27H36N2O2S/c1-22-14-17-24(18-15-22)32(30,31)28-26(19-16-23-10-4-2-5-11-23)25-12-6-7-13-27(25)29-20-8-3-9-21-29/h2,4-5,10-11,14-19,25-28H,3,6-9,12-13,20-21H2,1H3/b19-16-/t25-,26-,27+/m0/s1. The minimum atomic E-state index is -3.60. The molecule has 1 aliphatic heterocycles. The zero-order valence-corrected chi connectivity index (χ0v) is 19.9. The van der Waals surface area contributed by atoms with Crippen molar-refractivity contribution < 1.29 is 8.42 Å². The van der Waals surface area contributed by atoms with Gasteiger partial charge in [-0.05, 0) is 69.3 Å². The van der Waals surface area contributed by atoms with Crippen LogP contribution in [0.4, 0.5) is 0 Å². The summed E-state index contributed by atoms with van der Waals surface area (Å²) in [6, 6.07) is 17.5. The van der Waals surface area contributed by atoms with Crippen LogP contribution in [0, 0.1) is 12.8 Å². The van der Waals surface area contributed by atoms with Gasteiger partial charge in [0.25, 0.3) is 0 Å². The molecule has 4 nitrogen and oxygen atoms in total. The highest BCUT2D eigenvalue weighted by atomic mass is 32.2. The van der Waals surface area contributed by atoms with E-state index in [1.165, 1.54) is 25.7 Å². The first-order valence-electron chi connectivity index (χ1n) is 12.1. The van der Waals surface area contributed by atoms with E-state index in [-0.39, 0.29) is 12.0 Å². The van der Waals surface area contributed by atoms with Crippen LogP contribution in [0.15, 0.2) is 65.6 Å². The van der Waals surface area contributed by atoms with Gasteiger partial charge < -0.3 is 4.90 Å². The van der Waals surface area contributed by atoms with Crippen LogP contribution in [0.25, 0.3) is 6.08 Å². The molecule has 2 fully saturated rings. The second-order valence-electron chi connectivity index (χ2n) is 9.34. The molecule has 0 unspecified atom stereocenters. The first-order chi connectivity index (χ1) is 15.5. The summed E-state index contributed by atoms with van der Waals surface area (Å²) < 4.78 is 29.8. The topological polar surface area (TPSA) is 49.4 Å². The van der Waals surface area contributed by atoms with Gasteiger partial charge in [-0.2, -0.15) is 0 Å². The number of nitrogens with zero attached hydrogens (tertiary/aromatic N) is 1. The molecular weight excluding hydrogens is 416 g/mol. The van der Waals surface area contributed by atoms with Crippen LogP contribution < -0.4 is 4.72 Å². The van der Waals surface area contributed by atoms with Crippen LogP contribution in [-0.4, -0.2) is 38.5 Å². The molecule has 0 radical (unpaired) electrons. The van der Waals surface area contributed by atoms with Crippen LogP contribution in [-0.2, 0) is 10.0 Å². The summed E-state index contributed by atoms with van der Waals surface area (Å²) in [5.41, 5.74) is 2.15. The number of hydrogen-bond donors (Lipinski definition) is 1. The molecule has 0 aromatic heterocycles. The number of likely N-dealkylation sites (tertiary alicyclic amines) is 1. The fourth-order valence-electron chi connectivity index (χ4n) is 5.28. The maximum absolute atomic E-state index is 13.3. The number of hydrogen-bond acceptors (Lipinski definition) is 3. The Kier molecular flexibility index (Phi) is 7.82. The third kappa shape index (κ3) is 5.89. The Morgan fingerprint density at radius 2 is 1.59 bits per heavy atom. The van der Waals surface area contributed by atoms with Crippen LogP contribution in [0.3, 0.4) is 0 Å². The van der Waals surface area contributed by atoms with Gasteiger partial charge in [0.1, 0.15) is 0 Å². The molecule has 0 bridgehead atoms. The summed E-state index contributed by atoms with van der Waals surface area (Å²) in [5.74, 6) is 0.280. The minimum Gasteiger partial charge on any atom is -0.300 e. The molecule has 1 aliphatic carbocycles. The highest BCUT2D eigenvalue weighted by Gasteiger charge is 2.36. The number of aryl methyl sites for hydroxylation is 1. The Morgan fingerprint density at radius 3 is 2.31 bits per heavy atom. The van der Waals surface area contributed by atoms with Gasteiger partial charge in [0.05, 0.1) is 4.90 Å². The van der Waals surface area contributed by atoms with E-state index in [1.54, 1.807) is 12.1 Å². The normalized spacial score (nSPS) is 23.9. The first kappa shape index (κ1) is 23.2. The van der Waals surface area contributed by atoms with Gasteiger partial charge >= 0.3 is 0 Å². The van der Waals surface area contributed by atoms with Crippen molar-refractivity contribution in [2.75, 3.05) is 13.1 Å². The van der Waals surface area contributed by atoms with E-state index in [4.69, 9.17) is 0 Å². The van der Waals surface area contributed by atoms with E-state index >= 15 is 0 Å². The average Bonchev–Trinajstić information content (AvgIpc) is 2.83. The van der Waals surface area contributed by atoms with Gasteiger partial charge in [0.2, 0.25) is 10.0 Å². The summed E-state index contributed by atoms with van der Waals surface area (Å²) in [6.07, 6.45) is 12.6. The second kappa shape index (κ2) is 10.8. The van der Waals surface area contributed by atoms with E-state index in [0.29, 0.717) is 10.9 Å². The maximum Gasteiger partial charge on any atom is 0.241 e. The highest BCUT2D eigenvalue weighted by molar-refractivity contribution is 7.89. The van der Waals surface area contributed by atoms with E-state index in [1.807, 2.05) is 37.3 Å². The van der Waals surface area contributed by atoms with Crippen LogP contribution in [0.1, 0.15) is 56.1 Å². The van der Waals surface area contributed by atoms with E-state index < -0.39 is 10.0 Å². The quantitative estimate of drug-likeness (QED) is 0.612. The number of piperidine rings is 1. The third-order valence-electron chi connectivity index (χ3n) is 7.02. The summed E-state index contributed by atoms with van der Waals surface area (Å²) >= 11 is 0. The SMILES string of the molecule is Cc1ccc(S(=O)(=O)N[C@@H](/C=C\c2ccccc2)[C@@H]2CCCC[C@H]2N2CCCCC2)cc1. The Morgan fingerprint density at radius 1 is 0.906 bits per heavy atom. The zero-order valence-electron chi connectivity index (χ0n) is 19.1. The molecule has 4 rings (SSSR count). The van der Waals surface area contributed by atoms with E-state index in [9.17, 15) is 8.42 Å². The van der Waals surface area contributed by atoms with Crippen LogP contribution in [0.2, 0.25) is 0 Å². The highest BCUT2D eigenvalue weighted by Crippen LogP contribution is 2.34. The molecule has 32 heavy (non-hydrogen) atoms. The fraction of sp³-hybridized carbons (Fsp3) is 0.481. The van der Waals surface area contributed by atoms with Crippen molar-refractivity contribution in [1.29, 1.82) is 0 Å². The van der Waals surface area contributed by atoms with Crippen molar-refractivity contribution in [3.8, 4) is 0 Å². The van der Waals surface area contributed by atoms with E-state index in [0.717, 1.165) is 43.5 Å². The Balaban J connectivity index is 1.63.